The van der Waals surface area contributed by atoms with Crippen LogP contribution in [0.15, 0.2) is 0 Å². The zero-order valence-corrected chi connectivity index (χ0v) is 8.28. The monoisotopic (exact) mass is 214 g/mol. The summed E-state index contributed by atoms with van der Waals surface area (Å²) < 4.78 is 4.71. The number of hydrogen-bond donors (Lipinski definition) is 4. The number of aliphatic hydroxyl groups is 4. The number of hydrogen-bond acceptors (Lipinski definition) is 6. The molecule has 0 bridgehead atoms. The average molecular weight is 214 g/mol. The van der Waals surface area contributed by atoms with E-state index in [9.17, 15) is 4.79 Å². The Balaban J connectivity index is 4.94. The zero-order valence-electron chi connectivity index (χ0n) is 7.38. The molecule has 0 saturated heterocycles. The van der Waals surface area contributed by atoms with Crippen LogP contribution in [0.25, 0.3) is 0 Å². The van der Waals surface area contributed by atoms with Crippen molar-refractivity contribution in [2.75, 3.05) is 25.4 Å². The second-order valence-electron chi connectivity index (χ2n) is 3.01. The fourth-order valence-corrected chi connectivity index (χ4v) is 2.24. The second-order valence-corrected chi connectivity index (χ2v) is 8.04. The van der Waals surface area contributed by atoms with Crippen LogP contribution in [0, 0.1) is 0 Å². The molecule has 0 unspecified atom stereocenters. The SMILES string of the molecule is CC(=O)OP(CO)(CO)(CO)CO. The summed E-state index contributed by atoms with van der Waals surface area (Å²) in [6.07, 6.45) is -2.91. The van der Waals surface area contributed by atoms with Gasteiger partial charge in [0.25, 0.3) is 0 Å². The molecule has 80 valence electrons. The quantitative estimate of drug-likeness (QED) is 0.429. The van der Waals surface area contributed by atoms with E-state index in [4.69, 9.17) is 24.9 Å². The number of carbonyl (C=O) groups excluding carboxylic acids is 1. The van der Waals surface area contributed by atoms with Gasteiger partial charge in [0.1, 0.15) is 0 Å². The van der Waals surface area contributed by atoms with E-state index < -0.39 is 38.2 Å². The van der Waals surface area contributed by atoms with Crippen LogP contribution in [-0.2, 0) is 9.32 Å². The van der Waals surface area contributed by atoms with Crippen molar-refractivity contribution in [2.24, 2.45) is 0 Å². The van der Waals surface area contributed by atoms with Gasteiger partial charge in [-0.1, -0.05) is 0 Å². The van der Waals surface area contributed by atoms with Crippen LogP contribution in [0.3, 0.4) is 0 Å². The Hall–Kier alpha value is -0.260. The number of aliphatic hydroxyl groups excluding tert-OH is 4. The van der Waals surface area contributed by atoms with Crippen molar-refractivity contribution in [3.63, 3.8) is 0 Å². The maximum absolute atomic E-state index is 10.7. The first-order valence-corrected chi connectivity index (χ1v) is 6.52. The second kappa shape index (κ2) is 4.30. The van der Waals surface area contributed by atoms with E-state index in [2.05, 4.69) is 0 Å². The number of rotatable bonds is 5. The van der Waals surface area contributed by atoms with Gasteiger partial charge in [-0.15, -0.1) is 0 Å². The summed E-state index contributed by atoms with van der Waals surface area (Å²) in [6, 6.07) is 0. The number of carbonyl (C=O) groups is 1. The molecule has 0 fully saturated rings. The molecule has 0 aromatic rings. The molecular formula is C6H15O6P. The first kappa shape index (κ1) is 12.7. The molecule has 0 rings (SSSR count). The molecule has 0 atom stereocenters. The maximum atomic E-state index is 10.7. The third kappa shape index (κ3) is 2.36. The predicted octanol–water partition coefficient (Wildman–Crippen LogP) is -1.18. The van der Waals surface area contributed by atoms with E-state index in [0.29, 0.717) is 0 Å². The standard InChI is InChI=1S/C6H15O6P/c1-6(11)12-13(2-7,3-8,4-9)5-10/h7-10H,2-5H2,1H3. The van der Waals surface area contributed by atoms with Crippen molar-refractivity contribution in [3.8, 4) is 0 Å². The predicted molar refractivity (Wildman–Crippen MR) is 47.0 cm³/mol. The fourth-order valence-electron chi connectivity index (χ4n) is 0.747. The van der Waals surface area contributed by atoms with Crippen LogP contribution in [0.5, 0.6) is 0 Å². The molecule has 7 heteroatoms. The van der Waals surface area contributed by atoms with Crippen LogP contribution in [-0.4, -0.2) is 51.8 Å². The van der Waals surface area contributed by atoms with Crippen molar-refractivity contribution >= 4 is 12.8 Å². The van der Waals surface area contributed by atoms with Crippen molar-refractivity contribution < 1.29 is 29.7 Å². The minimum atomic E-state index is -3.90. The van der Waals surface area contributed by atoms with Crippen LogP contribution >= 0.6 is 6.83 Å². The summed E-state index contributed by atoms with van der Waals surface area (Å²) in [4.78, 5) is 10.7. The van der Waals surface area contributed by atoms with E-state index in [1.165, 1.54) is 0 Å². The first-order valence-electron chi connectivity index (χ1n) is 3.62. The van der Waals surface area contributed by atoms with Crippen LogP contribution in [0.1, 0.15) is 6.92 Å². The summed E-state index contributed by atoms with van der Waals surface area (Å²) in [6.45, 7) is -2.82. The summed E-state index contributed by atoms with van der Waals surface area (Å²) >= 11 is 0. The minimum absolute atomic E-state index is 0.728. The van der Waals surface area contributed by atoms with Crippen molar-refractivity contribution in [1.82, 2.24) is 0 Å². The van der Waals surface area contributed by atoms with Gasteiger partial charge in [0.2, 0.25) is 0 Å². The van der Waals surface area contributed by atoms with Gasteiger partial charge in [-0.3, -0.25) is 0 Å². The van der Waals surface area contributed by atoms with Gasteiger partial charge >= 0.3 is 74.9 Å². The molecular weight excluding hydrogens is 199 g/mol. The van der Waals surface area contributed by atoms with E-state index in [-0.39, 0.29) is 0 Å². The summed E-state index contributed by atoms with van der Waals surface area (Å²) in [5.74, 6) is -0.746. The molecule has 0 aromatic heterocycles. The van der Waals surface area contributed by atoms with Crippen LogP contribution in [0.2, 0.25) is 0 Å². The Morgan fingerprint density at radius 2 is 1.38 bits per heavy atom. The van der Waals surface area contributed by atoms with Crippen LogP contribution in [0.4, 0.5) is 0 Å². The molecule has 13 heavy (non-hydrogen) atoms. The van der Waals surface area contributed by atoms with E-state index >= 15 is 0 Å². The Morgan fingerprint density at radius 3 is 1.46 bits per heavy atom. The van der Waals surface area contributed by atoms with Gasteiger partial charge in [-0.25, -0.2) is 0 Å². The van der Waals surface area contributed by atoms with E-state index in [1.807, 2.05) is 0 Å². The topological polar surface area (TPSA) is 107 Å². The average Bonchev–Trinajstić information content (AvgIpc) is 2.15. The molecule has 4 N–H and O–H groups in total. The van der Waals surface area contributed by atoms with Crippen molar-refractivity contribution in [3.05, 3.63) is 0 Å². The van der Waals surface area contributed by atoms with Gasteiger partial charge in [0.15, 0.2) is 0 Å². The Bertz CT molecular complexity index is 166. The molecule has 0 spiro atoms. The van der Waals surface area contributed by atoms with Gasteiger partial charge in [0.05, 0.1) is 0 Å². The van der Waals surface area contributed by atoms with Gasteiger partial charge in [-0.05, 0) is 0 Å². The Kier molecular flexibility index (Phi) is 4.22. The fraction of sp³-hybridized carbons (Fsp3) is 0.833. The van der Waals surface area contributed by atoms with Crippen molar-refractivity contribution in [2.45, 2.75) is 6.92 Å². The van der Waals surface area contributed by atoms with E-state index in [1.54, 1.807) is 0 Å². The van der Waals surface area contributed by atoms with Gasteiger partial charge in [0, 0.05) is 0 Å². The summed E-state index contributed by atoms with van der Waals surface area (Å²) in [5.41, 5.74) is 0. The summed E-state index contributed by atoms with van der Waals surface area (Å²) in [5, 5.41) is 35.9. The third-order valence-corrected chi connectivity index (χ3v) is 5.45. The molecule has 0 aliphatic heterocycles. The van der Waals surface area contributed by atoms with Gasteiger partial charge in [-0.2, -0.15) is 0 Å². The molecule has 0 radical (unpaired) electrons. The normalized spacial score (nSPS) is 14.7. The Morgan fingerprint density at radius 1 is 1.08 bits per heavy atom. The molecule has 0 amide bonds. The zero-order chi connectivity index (χ0) is 10.6. The van der Waals surface area contributed by atoms with Crippen molar-refractivity contribution in [1.29, 1.82) is 0 Å². The summed E-state index contributed by atoms with van der Waals surface area (Å²) in [7, 11) is 0. The Labute approximate surface area is 75.8 Å². The molecule has 0 aliphatic rings. The van der Waals surface area contributed by atoms with Gasteiger partial charge < -0.3 is 0 Å². The van der Waals surface area contributed by atoms with Crippen LogP contribution < -0.4 is 0 Å². The molecule has 0 aliphatic carbocycles. The molecule has 0 heterocycles. The first-order chi connectivity index (χ1) is 5.97. The molecule has 6 nitrogen and oxygen atoms in total. The third-order valence-electron chi connectivity index (χ3n) is 1.82. The molecule has 0 saturated carbocycles. The molecule has 0 aromatic carbocycles. The van der Waals surface area contributed by atoms with E-state index in [0.717, 1.165) is 6.92 Å².